The standard InChI is InChI=1S/C19H14Cl2N2O2S/c1-4-7-22-18(24)17(26-19(22)25)9-13-8-11(2)23(12(13)3)14-5-6-15(20)16(21)10-14/h1,5-6,8-10H,7H2,2-3H3/b17-9+. The maximum absolute atomic E-state index is 12.3. The molecule has 1 aromatic carbocycles. The van der Waals surface area contributed by atoms with Crippen molar-refractivity contribution in [3.63, 3.8) is 0 Å². The van der Waals surface area contributed by atoms with Gasteiger partial charge in [-0.25, -0.2) is 0 Å². The van der Waals surface area contributed by atoms with Crippen molar-refractivity contribution in [3.05, 3.63) is 56.2 Å². The molecule has 4 nitrogen and oxygen atoms in total. The van der Waals surface area contributed by atoms with Gasteiger partial charge in [-0.1, -0.05) is 29.1 Å². The third kappa shape index (κ3) is 3.28. The zero-order chi connectivity index (χ0) is 19.0. The number of amides is 2. The zero-order valence-corrected chi connectivity index (χ0v) is 16.4. The van der Waals surface area contributed by atoms with Crippen molar-refractivity contribution in [3.8, 4) is 18.0 Å². The Bertz CT molecular complexity index is 1000. The number of carbonyl (C=O) groups excluding carboxylic acids is 2. The van der Waals surface area contributed by atoms with Crippen molar-refractivity contribution in [1.29, 1.82) is 0 Å². The van der Waals surface area contributed by atoms with Crippen LogP contribution in [0.4, 0.5) is 4.79 Å². The third-order valence-electron chi connectivity index (χ3n) is 4.04. The van der Waals surface area contributed by atoms with Crippen molar-refractivity contribution in [1.82, 2.24) is 9.47 Å². The quantitative estimate of drug-likeness (QED) is 0.529. The highest BCUT2D eigenvalue weighted by Crippen LogP contribution is 2.34. The van der Waals surface area contributed by atoms with Gasteiger partial charge >= 0.3 is 0 Å². The van der Waals surface area contributed by atoms with Crippen LogP contribution in [-0.2, 0) is 4.79 Å². The predicted molar refractivity (Wildman–Crippen MR) is 107 cm³/mol. The molecule has 0 radical (unpaired) electrons. The molecule has 0 atom stereocenters. The van der Waals surface area contributed by atoms with Crippen LogP contribution in [0.25, 0.3) is 11.8 Å². The fraction of sp³-hybridized carbons (Fsp3) is 0.158. The van der Waals surface area contributed by atoms with Gasteiger partial charge in [0.25, 0.3) is 11.1 Å². The normalized spacial score (nSPS) is 15.8. The molecule has 132 valence electrons. The lowest BCUT2D eigenvalue weighted by molar-refractivity contribution is -0.122. The number of hydrogen-bond donors (Lipinski definition) is 0. The van der Waals surface area contributed by atoms with Crippen LogP contribution in [0.5, 0.6) is 0 Å². The van der Waals surface area contributed by atoms with Gasteiger partial charge in [-0.2, -0.15) is 0 Å². The Morgan fingerprint density at radius 2 is 1.92 bits per heavy atom. The highest BCUT2D eigenvalue weighted by molar-refractivity contribution is 8.18. The topological polar surface area (TPSA) is 42.3 Å². The molecule has 0 unspecified atom stereocenters. The van der Waals surface area contributed by atoms with Gasteiger partial charge in [-0.15, -0.1) is 6.42 Å². The van der Waals surface area contributed by atoms with Crippen LogP contribution in [0, 0.1) is 26.2 Å². The minimum atomic E-state index is -0.364. The summed E-state index contributed by atoms with van der Waals surface area (Å²) in [4.78, 5) is 25.7. The summed E-state index contributed by atoms with van der Waals surface area (Å²) in [5, 5.41) is 0.603. The number of imide groups is 1. The summed E-state index contributed by atoms with van der Waals surface area (Å²) in [6, 6.07) is 7.35. The molecule has 0 N–H and O–H groups in total. The van der Waals surface area contributed by atoms with E-state index in [1.165, 1.54) is 0 Å². The Hall–Kier alpha value is -2.13. The summed E-state index contributed by atoms with van der Waals surface area (Å²) < 4.78 is 2.01. The second-order valence-electron chi connectivity index (χ2n) is 5.73. The molecular formula is C19H14Cl2N2O2S. The Morgan fingerprint density at radius 3 is 2.58 bits per heavy atom. The summed E-state index contributed by atoms with van der Waals surface area (Å²) in [5.74, 6) is 1.96. The molecule has 0 saturated carbocycles. The lowest BCUT2D eigenvalue weighted by atomic mass is 10.2. The summed E-state index contributed by atoms with van der Waals surface area (Å²) >= 11 is 13.0. The maximum Gasteiger partial charge on any atom is 0.294 e. The van der Waals surface area contributed by atoms with E-state index in [1.807, 2.05) is 30.5 Å². The first-order valence-electron chi connectivity index (χ1n) is 7.66. The molecule has 3 rings (SSSR count). The maximum atomic E-state index is 12.3. The fourth-order valence-electron chi connectivity index (χ4n) is 2.82. The number of aryl methyl sites for hydroxylation is 1. The lowest BCUT2D eigenvalue weighted by Crippen LogP contribution is -2.28. The number of aromatic nitrogens is 1. The van der Waals surface area contributed by atoms with Gasteiger partial charge in [0.15, 0.2) is 0 Å². The number of rotatable bonds is 3. The van der Waals surface area contributed by atoms with E-state index in [0.717, 1.165) is 39.3 Å². The van der Waals surface area contributed by atoms with Gasteiger partial charge in [-0.3, -0.25) is 14.5 Å². The van der Waals surface area contributed by atoms with Gasteiger partial charge in [0.05, 0.1) is 21.5 Å². The number of nitrogens with zero attached hydrogens (tertiary/aromatic N) is 2. The number of thioether (sulfide) groups is 1. The largest absolute Gasteiger partial charge is 0.318 e. The summed E-state index contributed by atoms with van der Waals surface area (Å²) in [5.41, 5.74) is 3.61. The molecule has 2 heterocycles. The van der Waals surface area contributed by atoms with E-state index in [1.54, 1.807) is 18.2 Å². The Balaban J connectivity index is 2.01. The third-order valence-corrected chi connectivity index (χ3v) is 5.69. The smallest absolute Gasteiger partial charge is 0.294 e. The molecule has 0 aliphatic carbocycles. The summed E-state index contributed by atoms with van der Waals surface area (Å²) in [6.45, 7) is 3.87. The SMILES string of the molecule is C#CCN1C(=O)S/C(=C/c2cc(C)n(-c3ccc(Cl)c(Cl)c3)c2C)C1=O. The van der Waals surface area contributed by atoms with E-state index in [2.05, 4.69) is 5.92 Å². The molecule has 2 amide bonds. The summed E-state index contributed by atoms with van der Waals surface area (Å²) in [6.07, 6.45) is 6.94. The van der Waals surface area contributed by atoms with Gasteiger partial charge in [0.1, 0.15) is 0 Å². The second kappa shape index (κ2) is 7.24. The average Bonchev–Trinajstić information content (AvgIpc) is 3.01. The molecule has 1 aromatic heterocycles. The van der Waals surface area contributed by atoms with Crippen LogP contribution >= 0.6 is 35.0 Å². The van der Waals surface area contributed by atoms with Crippen molar-refractivity contribution in [2.75, 3.05) is 6.54 Å². The van der Waals surface area contributed by atoms with Crippen molar-refractivity contribution < 1.29 is 9.59 Å². The average molecular weight is 405 g/mol. The molecule has 0 spiro atoms. The predicted octanol–water partition coefficient (Wildman–Crippen LogP) is 5.07. The highest BCUT2D eigenvalue weighted by Gasteiger charge is 2.34. The molecule has 1 saturated heterocycles. The van der Waals surface area contributed by atoms with Crippen molar-refractivity contribution in [2.24, 2.45) is 0 Å². The number of halogens is 2. The van der Waals surface area contributed by atoms with Crippen LogP contribution in [-0.4, -0.2) is 27.2 Å². The van der Waals surface area contributed by atoms with Crippen LogP contribution in [0.15, 0.2) is 29.2 Å². The first kappa shape index (κ1) is 18.7. The van der Waals surface area contributed by atoms with Crippen LogP contribution in [0.2, 0.25) is 10.0 Å². The van der Waals surface area contributed by atoms with E-state index in [4.69, 9.17) is 29.6 Å². The van der Waals surface area contributed by atoms with Gasteiger partial charge in [0, 0.05) is 17.1 Å². The fourth-order valence-corrected chi connectivity index (χ4v) is 3.95. The minimum absolute atomic E-state index is 0.0235. The Morgan fingerprint density at radius 1 is 1.19 bits per heavy atom. The Kier molecular flexibility index (Phi) is 5.19. The van der Waals surface area contributed by atoms with Gasteiger partial charge in [0.2, 0.25) is 0 Å². The number of benzene rings is 1. The first-order valence-corrected chi connectivity index (χ1v) is 9.24. The lowest BCUT2D eigenvalue weighted by Gasteiger charge is -2.10. The molecule has 7 heteroatoms. The van der Waals surface area contributed by atoms with Crippen LogP contribution in [0.3, 0.4) is 0 Å². The van der Waals surface area contributed by atoms with Gasteiger partial charge in [-0.05, 0) is 61.5 Å². The molecule has 2 aromatic rings. The van der Waals surface area contributed by atoms with E-state index >= 15 is 0 Å². The van der Waals surface area contributed by atoms with E-state index in [0.29, 0.717) is 15.0 Å². The number of carbonyl (C=O) groups is 2. The van der Waals surface area contributed by atoms with E-state index in [9.17, 15) is 9.59 Å². The minimum Gasteiger partial charge on any atom is -0.318 e. The van der Waals surface area contributed by atoms with Crippen LogP contribution < -0.4 is 0 Å². The molecule has 0 bridgehead atoms. The van der Waals surface area contributed by atoms with Crippen molar-refractivity contribution in [2.45, 2.75) is 13.8 Å². The van der Waals surface area contributed by atoms with Crippen LogP contribution in [0.1, 0.15) is 17.0 Å². The van der Waals surface area contributed by atoms with Crippen molar-refractivity contribution >= 4 is 52.2 Å². The molecule has 26 heavy (non-hydrogen) atoms. The van der Waals surface area contributed by atoms with E-state index < -0.39 is 0 Å². The van der Waals surface area contributed by atoms with E-state index in [-0.39, 0.29) is 17.7 Å². The molecule has 1 aliphatic rings. The number of hydrogen-bond acceptors (Lipinski definition) is 3. The zero-order valence-electron chi connectivity index (χ0n) is 14.0. The highest BCUT2D eigenvalue weighted by atomic mass is 35.5. The van der Waals surface area contributed by atoms with Gasteiger partial charge < -0.3 is 4.57 Å². The Labute approximate surface area is 165 Å². The second-order valence-corrected chi connectivity index (χ2v) is 7.54. The summed E-state index contributed by atoms with van der Waals surface area (Å²) in [7, 11) is 0. The number of terminal acetylenes is 1. The monoisotopic (exact) mass is 404 g/mol. The molecular weight excluding hydrogens is 391 g/mol. The molecule has 1 aliphatic heterocycles. The molecule has 1 fully saturated rings. The first-order chi connectivity index (χ1) is 12.3.